The van der Waals surface area contributed by atoms with Crippen molar-refractivity contribution in [2.24, 2.45) is 10.9 Å². The number of hydrogen-bond acceptors (Lipinski definition) is 5. The van der Waals surface area contributed by atoms with Crippen molar-refractivity contribution < 1.29 is 14.2 Å². The van der Waals surface area contributed by atoms with Crippen LogP contribution in [0, 0.1) is 5.92 Å². The molecule has 1 aromatic carbocycles. The minimum absolute atomic E-state index is 0. The maximum Gasteiger partial charge on any atom is 0.219 e. The van der Waals surface area contributed by atoms with Crippen molar-refractivity contribution in [2.45, 2.75) is 33.2 Å². The fourth-order valence-corrected chi connectivity index (χ4v) is 2.72. The number of rotatable bonds is 10. The quantitative estimate of drug-likeness (QED) is 0.203. The number of aliphatic imine (C=N–C) groups is 1. The third-order valence-electron chi connectivity index (χ3n) is 4.32. The Morgan fingerprint density at radius 3 is 2.30 bits per heavy atom. The second-order valence-electron chi connectivity index (χ2n) is 6.99. The Balaban J connectivity index is 0.00000450. The molecule has 2 rings (SSSR count). The molecular weight excluding hydrogens is 495 g/mol. The fourth-order valence-electron chi connectivity index (χ4n) is 2.72. The number of pyridine rings is 1. The maximum atomic E-state index is 5.89. The average Bonchev–Trinajstić information content (AvgIpc) is 2.74. The van der Waals surface area contributed by atoms with E-state index in [2.05, 4.69) is 34.5 Å². The number of nitrogens with one attached hydrogen (secondary N) is 2. The van der Waals surface area contributed by atoms with E-state index in [0.717, 1.165) is 30.4 Å². The summed E-state index contributed by atoms with van der Waals surface area (Å²) in [4.78, 5) is 8.64. The standard InChI is InChI=1S/C22H32N4O3.HI/c1-16(2)8-7-13-24-22(23-3)26-15-17-11-12-20(25-14-17)29-21-18(27-4)9-6-10-19(21)28-5;/h6,9-12,14,16H,7-8,13,15H2,1-5H3,(H2,23,24,26);1H. The number of aromatic nitrogens is 1. The van der Waals surface area contributed by atoms with E-state index in [9.17, 15) is 0 Å². The Morgan fingerprint density at radius 1 is 1.07 bits per heavy atom. The number of ether oxygens (including phenoxy) is 3. The van der Waals surface area contributed by atoms with Crippen LogP contribution < -0.4 is 24.8 Å². The Morgan fingerprint density at radius 2 is 1.77 bits per heavy atom. The number of halogens is 1. The van der Waals surface area contributed by atoms with Crippen molar-refractivity contribution in [3.8, 4) is 23.1 Å². The largest absolute Gasteiger partial charge is 0.493 e. The van der Waals surface area contributed by atoms with E-state index in [1.54, 1.807) is 27.5 Å². The highest BCUT2D eigenvalue weighted by molar-refractivity contribution is 14.0. The Hall–Kier alpha value is -2.23. The normalized spacial score (nSPS) is 10.9. The molecule has 8 heteroatoms. The van der Waals surface area contributed by atoms with Gasteiger partial charge in [-0.15, -0.1) is 24.0 Å². The molecule has 0 unspecified atom stereocenters. The van der Waals surface area contributed by atoms with Gasteiger partial charge in [0, 0.05) is 32.4 Å². The van der Waals surface area contributed by atoms with E-state index in [0.29, 0.717) is 29.7 Å². The van der Waals surface area contributed by atoms with E-state index >= 15 is 0 Å². The van der Waals surface area contributed by atoms with Crippen LogP contribution in [-0.4, -0.2) is 38.8 Å². The van der Waals surface area contributed by atoms with Crippen LogP contribution in [0.2, 0.25) is 0 Å². The van der Waals surface area contributed by atoms with Crippen LogP contribution in [-0.2, 0) is 6.54 Å². The first kappa shape index (κ1) is 25.8. The molecule has 1 aromatic heterocycles. The van der Waals surface area contributed by atoms with Crippen LogP contribution in [0.25, 0.3) is 0 Å². The summed E-state index contributed by atoms with van der Waals surface area (Å²) in [6.45, 7) is 5.99. The third-order valence-corrected chi connectivity index (χ3v) is 4.32. The monoisotopic (exact) mass is 528 g/mol. The molecule has 0 fully saturated rings. The van der Waals surface area contributed by atoms with Crippen LogP contribution in [0.4, 0.5) is 0 Å². The molecule has 0 aliphatic carbocycles. The predicted molar refractivity (Wildman–Crippen MR) is 132 cm³/mol. The lowest BCUT2D eigenvalue weighted by Gasteiger charge is -2.14. The molecule has 0 saturated carbocycles. The van der Waals surface area contributed by atoms with Gasteiger partial charge in [0.25, 0.3) is 0 Å². The number of methoxy groups -OCH3 is 2. The highest BCUT2D eigenvalue weighted by Gasteiger charge is 2.13. The first-order valence-electron chi connectivity index (χ1n) is 9.85. The van der Waals surface area contributed by atoms with Crippen LogP contribution in [0.3, 0.4) is 0 Å². The fraction of sp³-hybridized carbons (Fsp3) is 0.455. The van der Waals surface area contributed by atoms with Gasteiger partial charge in [-0.05, 0) is 36.5 Å². The summed E-state index contributed by atoms with van der Waals surface area (Å²) in [6, 6.07) is 9.26. The van der Waals surface area contributed by atoms with Gasteiger partial charge >= 0.3 is 0 Å². The molecule has 30 heavy (non-hydrogen) atoms. The zero-order valence-electron chi connectivity index (χ0n) is 18.4. The maximum absolute atomic E-state index is 5.89. The highest BCUT2D eigenvalue weighted by Crippen LogP contribution is 2.39. The van der Waals surface area contributed by atoms with Gasteiger partial charge in [0.2, 0.25) is 11.6 Å². The summed E-state index contributed by atoms with van der Waals surface area (Å²) < 4.78 is 16.6. The molecule has 0 bridgehead atoms. The number of guanidine groups is 1. The Bertz CT molecular complexity index is 760. The lowest BCUT2D eigenvalue weighted by molar-refractivity contribution is 0.342. The summed E-state index contributed by atoms with van der Waals surface area (Å²) in [5, 5.41) is 6.63. The molecule has 1 heterocycles. The van der Waals surface area contributed by atoms with Gasteiger partial charge in [0.1, 0.15) is 0 Å². The smallest absolute Gasteiger partial charge is 0.219 e. The van der Waals surface area contributed by atoms with Crippen LogP contribution in [0.5, 0.6) is 23.1 Å². The summed E-state index contributed by atoms with van der Waals surface area (Å²) >= 11 is 0. The minimum atomic E-state index is 0. The molecule has 0 spiro atoms. The molecule has 0 amide bonds. The zero-order chi connectivity index (χ0) is 21.1. The minimum Gasteiger partial charge on any atom is -0.493 e. The number of nitrogens with zero attached hydrogens (tertiary/aromatic N) is 2. The van der Waals surface area contributed by atoms with Crippen molar-refractivity contribution in [1.82, 2.24) is 15.6 Å². The van der Waals surface area contributed by atoms with Gasteiger partial charge in [0.15, 0.2) is 17.5 Å². The van der Waals surface area contributed by atoms with Crippen molar-refractivity contribution in [3.63, 3.8) is 0 Å². The van der Waals surface area contributed by atoms with Gasteiger partial charge in [-0.3, -0.25) is 4.99 Å². The summed E-state index contributed by atoms with van der Waals surface area (Å²) in [6.07, 6.45) is 4.10. The van der Waals surface area contributed by atoms with Gasteiger partial charge in [-0.1, -0.05) is 26.0 Å². The first-order chi connectivity index (χ1) is 14.1. The van der Waals surface area contributed by atoms with Crippen molar-refractivity contribution >= 4 is 29.9 Å². The van der Waals surface area contributed by atoms with Crippen molar-refractivity contribution in [3.05, 3.63) is 42.1 Å². The molecule has 7 nitrogen and oxygen atoms in total. The predicted octanol–water partition coefficient (Wildman–Crippen LogP) is 4.61. The van der Waals surface area contributed by atoms with Crippen molar-refractivity contribution in [2.75, 3.05) is 27.8 Å². The van der Waals surface area contributed by atoms with E-state index in [1.165, 1.54) is 6.42 Å². The zero-order valence-corrected chi connectivity index (χ0v) is 20.7. The average molecular weight is 528 g/mol. The van der Waals surface area contributed by atoms with E-state index in [4.69, 9.17) is 14.2 Å². The summed E-state index contributed by atoms with van der Waals surface area (Å²) in [5.74, 6) is 3.64. The van der Waals surface area contributed by atoms with Crippen LogP contribution in [0.1, 0.15) is 32.3 Å². The third kappa shape index (κ3) is 8.25. The second-order valence-corrected chi connectivity index (χ2v) is 6.99. The van der Waals surface area contributed by atoms with Gasteiger partial charge in [0.05, 0.1) is 14.2 Å². The molecule has 2 N–H and O–H groups in total. The number of benzene rings is 1. The summed E-state index contributed by atoms with van der Waals surface area (Å²) in [5.41, 5.74) is 1.02. The highest BCUT2D eigenvalue weighted by atomic mass is 127. The molecule has 0 atom stereocenters. The molecule has 166 valence electrons. The van der Waals surface area contributed by atoms with Crippen LogP contribution in [0.15, 0.2) is 41.5 Å². The van der Waals surface area contributed by atoms with Gasteiger partial charge in [-0.2, -0.15) is 0 Å². The molecule has 0 radical (unpaired) electrons. The first-order valence-corrected chi connectivity index (χ1v) is 9.85. The molecule has 0 aliphatic heterocycles. The molecule has 0 aliphatic rings. The number of para-hydroxylation sites is 1. The van der Waals surface area contributed by atoms with Crippen LogP contribution >= 0.6 is 24.0 Å². The summed E-state index contributed by atoms with van der Waals surface area (Å²) in [7, 11) is 4.95. The lowest BCUT2D eigenvalue weighted by Crippen LogP contribution is -2.37. The Labute approximate surface area is 196 Å². The van der Waals surface area contributed by atoms with E-state index < -0.39 is 0 Å². The second kappa shape index (κ2) is 13.9. The lowest BCUT2D eigenvalue weighted by atomic mass is 10.1. The van der Waals surface area contributed by atoms with Gasteiger partial charge in [-0.25, -0.2) is 4.98 Å². The molecular formula is C22H33IN4O3. The van der Waals surface area contributed by atoms with E-state index in [-0.39, 0.29) is 24.0 Å². The molecule has 0 saturated heterocycles. The van der Waals surface area contributed by atoms with Crippen molar-refractivity contribution in [1.29, 1.82) is 0 Å². The number of hydrogen-bond donors (Lipinski definition) is 2. The van der Waals surface area contributed by atoms with Gasteiger partial charge < -0.3 is 24.8 Å². The molecule has 2 aromatic rings. The van der Waals surface area contributed by atoms with E-state index in [1.807, 2.05) is 30.3 Å². The SMILES string of the molecule is CN=C(NCCCC(C)C)NCc1ccc(Oc2c(OC)cccc2OC)nc1.I. The topological polar surface area (TPSA) is 77.0 Å². The Kier molecular flexibility index (Phi) is 12.0.